The van der Waals surface area contributed by atoms with Crippen LogP contribution in [0.5, 0.6) is 5.75 Å². The van der Waals surface area contributed by atoms with Gasteiger partial charge in [0.25, 0.3) is 5.91 Å². The van der Waals surface area contributed by atoms with Gasteiger partial charge in [-0.3, -0.25) is 4.79 Å². The molecular weight excluding hydrogens is 393 g/mol. The van der Waals surface area contributed by atoms with Gasteiger partial charge in [0.15, 0.2) is 0 Å². The average molecular weight is 418 g/mol. The third-order valence-corrected chi connectivity index (χ3v) is 5.14. The number of nitrogens with one attached hydrogen (secondary N) is 2. The highest BCUT2D eigenvalue weighted by atomic mass is 35.5. The molecule has 1 amide bonds. The van der Waals surface area contributed by atoms with Crippen molar-refractivity contribution >= 4 is 42.1 Å². The van der Waals surface area contributed by atoms with Gasteiger partial charge in [0.1, 0.15) is 16.5 Å². The lowest BCUT2D eigenvalue weighted by atomic mass is 9.95. The summed E-state index contributed by atoms with van der Waals surface area (Å²) in [4.78, 5) is 16.9. The van der Waals surface area contributed by atoms with Gasteiger partial charge < -0.3 is 15.4 Å². The molecule has 0 radical (unpaired) electrons. The van der Waals surface area contributed by atoms with E-state index >= 15 is 0 Å². The monoisotopic (exact) mass is 417 g/mol. The van der Waals surface area contributed by atoms with Crippen LogP contribution in [0.3, 0.4) is 0 Å². The first kappa shape index (κ1) is 22.7. The molecule has 5 nitrogen and oxygen atoms in total. The predicted octanol–water partition coefficient (Wildman–Crippen LogP) is 3.78. The number of carbonyl (C=O) groups is 1. The maximum Gasteiger partial charge on any atom is 0.271 e. The number of piperidine rings is 1. The Morgan fingerprint density at radius 3 is 2.73 bits per heavy atom. The molecule has 0 spiro atoms. The average Bonchev–Trinajstić information content (AvgIpc) is 3.08. The van der Waals surface area contributed by atoms with Crippen molar-refractivity contribution in [3.05, 3.63) is 35.3 Å². The summed E-state index contributed by atoms with van der Waals surface area (Å²) in [6.07, 6.45) is 0.961. The molecule has 1 saturated heterocycles. The molecule has 2 aromatic rings. The zero-order valence-electron chi connectivity index (χ0n) is 14.9. The molecule has 26 heavy (non-hydrogen) atoms. The molecule has 1 aromatic heterocycles. The first-order chi connectivity index (χ1) is 11.7. The van der Waals surface area contributed by atoms with Gasteiger partial charge >= 0.3 is 0 Å². The number of amides is 1. The highest BCUT2D eigenvalue weighted by Crippen LogP contribution is 2.26. The summed E-state index contributed by atoms with van der Waals surface area (Å²) in [6.45, 7) is 6.66. The van der Waals surface area contributed by atoms with E-state index in [0.717, 1.165) is 35.8 Å². The van der Waals surface area contributed by atoms with Crippen molar-refractivity contribution in [3.63, 3.8) is 0 Å². The van der Waals surface area contributed by atoms with E-state index in [9.17, 15) is 4.79 Å². The number of nitrogens with zero attached hydrogens (tertiary/aromatic N) is 1. The summed E-state index contributed by atoms with van der Waals surface area (Å²) in [5.74, 6) is 1.20. The van der Waals surface area contributed by atoms with Gasteiger partial charge in [-0.2, -0.15) is 0 Å². The highest BCUT2D eigenvalue weighted by Gasteiger charge is 2.24. The second kappa shape index (κ2) is 10.7. The summed E-state index contributed by atoms with van der Waals surface area (Å²) in [5.41, 5.74) is 1.49. The zero-order chi connectivity index (χ0) is 16.9. The van der Waals surface area contributed by atoms with Crippen LogP contribution in [0.2, 0.25) is 0 Å². The van der Waals surface area contributed by atoms with Crippen molar-refractivity contribution in [1.29, 1.82) is 0 Å². The Morgan fingerprint density at radius 2 is 2.08 bits per heavy atom. The molecule has 1 aromatic carbocycles. The van der Waals surface area contributed by atoms with Gasteiger partial charge in [-0.25, -0.2) is 4.98 Å². The minimum absolute atomic E-state index is 0. The van der Waals surface area contributed by atoms with Gasteiger partial charge in [-0.1, -0.05) is 6.92 Å². The molecule has 0 aliphatic carbocycles. The second-order valence-electron chi connectivity index (χ2n) is 6.05. The summed E-state index contributed by atoms with van der Waals surface area (Å²) in [7, 11) is 0. The van der Waals surface area contributed by atoms with Crippen LogP contribution < -0.4 is 15.4 Å². The van der Waals surface area contributed by atoms with E-state index in [1.54, 1.807) is 0 Å². The Morgan fingerprint density at radius 1 is 1.35 bits per heavy atom. The normalized spacial score (nSPS) is 19.0. The minimum atomic E-state index is -0.0813. The molecule has 1 aliphatic heterocycles. The highest BCUT2D eigenvalue weighted by molar-refractivity contribution is 7.13. The van der Waals surface area contributed by atoms with E-state index in [0.29, 0.717) is 18.2 Å². The number of thiazole rings is 1. The Labute approximate surface area is 170 Å². The Balaban J connectivity index is 0.00000169. The van der Waals surface area contributed by atoms with Crippen LogP contribution >= 0.6 is 36.2 Å². The Hall–Kier alpha value is -1.34. The smallest absolute Gasteiger partial charge is 0.271 e. The minimum Gasteiger partial charge on any atom is -0.494 e. The van der Waals surface area contributed by atoms with Crippen molar-refractivity contribution in [2.75, 3.05) is 19.7 Å². The van der Waals surface area contributed by atoms with Crippen LogP contribution in [0.15, 0.2) is 29.6 Å². The fourth-order valence-electron chi connectivity index (χ4n) is 2.84. The van der Waals surface area contributed by atoms with Gasteiger partial charge in [0, 0.05) is 17.0 Å². The Bertz CT molecular complexity index is 694. The fraction of sp³-hybridized carbons (Fsp3) is 0.444. The number of halogens is 2. The van der Waals surface area contributed by atoms with Crippen LogP contribution in [-0.4, -0.2) is 36.6 Å². The molecule has 144 valence electrons. The SMILES string of the molecule is CCOc1ccc(-c2nc(C(=O)NC3CCNCC3C)cs2)cc1.Cl.Cl. The molecule has 1 fully saturated rings. The summed E-state index contributed by atoms with van der Waals surface area (Å²) in [6, 6.07) is 8.02. The number of hydrogen-bond acceptors (Lipinski definition) is 5. The zero-order valence-corrected chi connectivity index (χ0v) is 17.3. The maximum atomic E-state index is 12.4. The first-order valence-electron chi connectivity index (χ1n) is 8.37. The van der Waals surface area contributed by atoms with Crippen LogP contribution in [0, 0.1) is 5.92 Å². The summed E-state index contributed by atoms with van der Waals surface area (Å²) < 4.78 is 5.45. The third-order valence-electron chi connectivity index (χ3n) is 4.25. The van der Waals surface area contributed by atoms with Gasteiger partial charge in [-0.15, -0.1) is 36.2 Å². The number of aromatic nitrogens is 1. The number of ether oxygens (including phenoxy) is 1. The first-order valence-corrected chi connectivity index (χ1v) is 9.25. The van der Waals surface area contributed by atoms with Crippen molar-refractivity contribution in [2.45, 2.75) is 26.3 Å². The topological polar surface area (TPSA) is 63.2 Å². The molecule has 2 heterocycles. The molecule has 0 bridgehead atoms. The van der Waals surface area contributed by atoms with E-state index in [4.69, 9.17) is 4.74 Å². The fourth-order valence-corrected chi connectivity index (χ4v) is 3.65. The molecule has 8 heteroatoms. The van der Waals surface area contributed by atoms with Crippen molar-refractivity contribution in [2.24, 2.45) is 5.92 Å². The second-order valence-corrected chi connectivity index (χ2v) is 6.90. The molecule has 1 aliphatic rings. The molecule has 2 atom stereocenters. The third kappa shape index (κ3) is 5.58. The van der Waals surface area contributed by atoms with E-state index in [2.05, 4.69) is 22.5 Å². The summed E-state index contributed by atoms with van der Waals surface area (Å²) in [5, 5.41) is 9.14. The molecule has 2 unspecified atom stereocenters. The van der Waals surface area contributed by atoms with Crippen molar-refractivity contribution in [3.8, 4) is 16.3 Å². The molecule has 2 N–H and O–H groups in total. The van der Waals surface area contributed by atoms with Crippen LogP contribution in [0.1, 0.15) is 30.8 Å². The largest absolute Gasteiger partial charge is 0.494 e. The quantitative estimate of drug-likeness (QED) is 0.776. The standard InChI is InChI=1S/C18H23N3O2S.2ClH/c1-3-23-14-6-4-13(5-7-14)18-21-16(11-24-18)17(22)20-15-8-9-19-10-12(15)2;;/h4-7,11-12,15,19H,3,8-10H2,1-2H3,(H,20,22);2*1H. The predicted molar refractivity (Wildman–Crippen MR) is 111 cm³/mol. The van der Waals surface area contributed by atoms with E-state index in [-0.39, 0.29) is 36.8 Å². The van der Waals surface area contributed by atoms with Crippen LogP contribution in [-0.2, 0) is 0 Å². The lowest BCUT2D eigenvalue weighted by Gasteiger charge is -2.29. The lowest BCUT2D eigenvalue weighted by Crippen LogP contribution is -2.48. The molecule has 0 saturated carbocycles. The van der Waals surface area contributed by atoms with Crippen LogP contribution in [0.4, 0.5) is 0 Å². The number of carbonyl (C=O) groups excluding carboxylic acids is 1. The van der Waals surface area contributed by atoms with E-state index in [1.165, 1.54) is 11.3 Å². The van der Waals surface area contributed by atoms with E-state index < -0.39 is 0 Å². The Kier molecular flexibility index (Phi) is 9.36. The van der Waals surface area contributed by atoms with Gasteiger partial charge in [0.2, 0.25) is 0 Å². The molecule has 3 rings (SSSR count). The van der Waals surface area contributed by atoms with Crippen molar-refractivity contribution < 1.29 is 9.53 Å². The summed E-state index contributed by atoms with van der Waals surface area (Å²) >= 11 is 1.49. The van der Waals surface area contributed by atoms with E-state index in [1.807, 2.05) is 36.6 Å². The number of hydrogen-bond donors (Lipinski definition) is 2. The van der Waals surface area contributed by atoms with Crippen LogP contribution in [0.25, 0.3) is 10.6 Å². The maximum absolute atomic E-state index is 12.4. The number of rotatable bonds is 5. The number of benzene rings is 1. The van der Waals surface area contributed by atoms with Crippen molar-refractivity contribution in [1.82, 2.24) is 15.6 Å². The lowest BCUT2D eigenvalue weighted by molar-refractivity contribution is 0.0910. The molecular formula is C18H25Cl2N3O2S. The van der Waals surface area contributed by atoms with Gasteiger partial charge in [0.05, 0.1) is 6.61 Å². The van der Waals surface area contributed by atoms with Gasteiger partial charge in [-0.05, 0) is 56.6 Å².